The topological polar surface area (TPSA) is 68.8 Å². The molecule has 0 fully saturated rings. The number of hydrogen-bond acceptors (Lipinski definition) is 5. The van der Waals surface area contributed by atoms with Crippen molar-refractivity contribution in [3.63, 3.8) is 0 Å². The summed E-state index contributed by atoms with van der Waals surface area (Å²) in [4.78, 5) is 4.27. The number of anilines is 1. The van der Waals surface area contributed by atoms with E-state index in [9.17, 15) is 13.2 Å². The minimum Gasteiger partial charge on any atom is -0.374 e. The lowest BCUT2D eigenvalue weighted by molar-refractivity contribution is -0.137. The van der Waals surface area contributed by atoms with Crippen LogP contribution < -0.4 is 5.32 Å². The van der Waals surface area contributed by atoms with Gasteiger partial charge in [0.2, 0.25) is 5.89 Å². The minimum absolute atomic E-state index is 0.313. The lowest BCUT2D eigenvalue weighted by Crippen LogP contribution is -2.06. The van der Waals surface area contributed by atoms with Gasteiger partial charge in [-0.2, -0.15) is 23.3 Å². The molecule has 0 unspecified atom stereocenters. The van der Waals surface area contributed by atoms with Gasteiger partial charge in [0, 0.05) is 6.42 Å². The van der Waals surface area contributed by atoms with Crippen molar-refractivity contribution >= 4 is 5.69 Å². The molecule has 1 aromatic carbocycles. The van der Waals surface area contributed by atoms with Crippen molar-refractivity contribution in [2.24, 2.45) is 0 Å². The van der Waals surface area contributed by atoms with Crippen LogP contribution in [0.3, 0.4) is 0 Å². The second-order valence-corrected chi connectivity index (χ2v) is 5.78. The van der Waals surface area contributed by atoms with Gasteiger partial charge in [0.05, 0.1) is 35.9 Å². The van der Waals surface area contributed by atoms with Crippen LogP contribution in [0.2, 0.25) is 0 Å². The SMILES string of the molecule is CCCCc1noc(CNc2cnn(-c3cccc(C(F)(F)F)c3)c2)n1. The lowest BCUT2D eigenvalue weighted by atomic mass is 10.2. The van der Waals surface area contributed by atoms with Gasteiger partial charge in [-0.05, 0) is 24.6 Å². The van der Waals surface area contributed by atoms with Gasteiger partial charge in [-0.15, -0.1) is 0 Å². The molecule has 0 aliphatic heterocycles. The van der Waals surface area contributed by atoms with E-state index in [-0.39, 0.29) is 0 Å². The quantitative estimate of drug-likeness (QED) is 0.679. The van der Waals surface area contributed by atoms with E-state index in [2.05, 4.69) is 27.5 Å². The summed E-state index contributed by atoms with van der Waals surface area (Å²) < 4.78 is 45.0. The predicted octanol–water partition coefficient (Wildman–Crippen LogP) is 4.23. The maximum Gasteiger partial charge on any atom is 0.416 e. The van der Waals surface area contributed by atoms with Crippen LogP contribution in [-0.4, -0.2) is 19.9 Å². The van der Waals surface area contributed by atoms with Crippen LogP contribution in [0.15, 0.2) is 41.2 Å². The molecule has 0 saturated carbocycles. The molecule has 0 amide bonds. The molecule has 0 saturated heterocycles. The van der Waals surface area contributed by atoms with Crippen molar-refractivity contribution in [1.29, 1.82) is 0 Å². The van der Waals surface area contributed by atoms with Gasteiger partial charge in [0.1, 0.15) is 0 Å². The Bertz CT molecular complexity index is 856. The van der Waals surface area contributed by atoms with E-state index in [1.165, 1.54) is 16.9 Å². The Morgan fingerprint density at radius 3 is 2.88 bits per heavy atom. The number of aromatic nitrogens is 4. The first-order valence-electron chi connectivity index (χ1n) is 8.23. The molecular weight excluding hydrogens is 347 g/mol. The van der Waals surface area contributed by atoms with Gasteiger partial charge < -0.3 is 9.84 Å². The van der Waals surface area contributed by atoms with Gasteiger partial charge in [-0.3, -0.25) is 0 Å². The number of unbranched alkanes of at least 4 members (excludes halogenated alkanes) is 1. The molecule has 0 aliphatic rings. The molecule has 6 nitrogen and oxygen atoms in total. The number of benzene rings is 1. The molecule has 1 N–H and O–H groups in total. The van der Waals surface area contributed by atoms with Crippen LogP contribution in [0.1, 0.15) is 37.0 Å². The maximum absolute atomic E-state index is 12.8. The Balaban J connectivity index is 1.64. The summed E-state index contributed by atoms with van der Waals surface area (Å²) >= 11 is 0. The van der Waals surface area contributed by atoms with Crippen LogP contribution in [0.25, 0.3) is 5.69 Å². The average Bonchev–Trinajstić information content (AvgIpc) is 3.27. The monoisotopic (exact) mass is 365 g/mol. The molecule has 9 heteroatoms. The highest BCUT2D eigenvalue weighted by Crippen LogP contribution is 2.30. The van der Waals surface area contributed by atoms with E-state index in [0.717, 1.165) is 31.4 Å². The second-order valence-electron chi connectivity index (χ2n) is 5.78. The van der Waals surface area contributed by atoms with E-state index in [0.29, 0.717) is 29.6 Å². The first-order chi connectivity index (χ1) is 12.5. The Morgan fingerprint density at radius 1 is 1.27 bits per heavy atom. The number of aryl methyl sites for hydroxylation is 1. The summed E-state index contributed by atoms with van der Waals surface area (Å²) in [6.45, 7) is 2.40. The molecule has 138 valence electrons. The molecule has 0 radical (unpaired) electrons. The smallest absolute Gasteiger partial charge is 0.374 e. The Labute approximate surface area is 148 Å². The summed E-state index contributed by atoms with van der Waals surface area (Å²) in [6.07, 6.45) is 1.55. The number of nitrogens with zero attached hydrogens (tertiary/aromatic N) is 4. The zero-order chi connectivity index (χ0) is 18.6. The number of halogens is 3. The lowest BCUT2D eigenvalue weighted by Gasteiger charge is -2.08. The van der Waals surface area contributed by atoms with Gasteiger partial charge in [-0.1, -0.05) is 24.6 Å². The molecule has 0 aliphatic carbocycles. The summed E-state index contributed by atoms with van der Waals surface area (Å²) in [5.41, 5.74) is 0.244. The molecule has 2 aromatic heterocycles. The average molecular weight is 365 g/mol. The number of alkyl halides is 3. The van der Waals surface area contributed by atoms with Crippen LogP contribution in [0, 0.1) is 0 Å². The van der Waals surface area contributed by atoms with Gasteiger partial charge in [0.25, 0.3) is 0 Å². The highest BCUT2D eigenvalue weighted by atomic mass is 19.4. The van der Waals surface area contributed by atoms with Crippen molar-refractivity contribution in [1.82, 2.24) is 19.9 Å². The normalized spacial score (nSPS) is 11.7. The van der Waals surface area contributed by atoms with E-state index in [4.69, 9.17) is 4.52 Å². The first-order valence-corrected chi connectivity index (χ1v) is 8.23. The zero-order valence-corrected chi connectivity index (χ0v) is 14.1. The van der Waals surface area contributed by atoms with E-state index >= 15 is 0 Å². The van der Waals surface area contributed by atoms with Gasteiger partial charge >= 0.3 is 6.18 Å². The first kappa shape index (κ1) is 18.0. The van der Waals surface area contributed by atoms with Crippen LogP contribution in [-0.2, 0) is 19.1 Å². The Kier molecular flexibility index (Phi) is 5.24. The summed E-state index contributed by atoms with van der Waals surface area (Å²) in [6, 6.07) is 4.99. The highest BCUT2D eigenvalue weighted by molar-refractivity contribution is 5.43. The Hall–Kier alpha value is -2.84. The molecule has 3 rings (SSSR count). The fraction of sp³-hybridized carbons (Fsp3) is 0.353. The number of rotatable bonds is 7. The fourth-order valence-electron chi connectivity index (χ4n) is 2.36. The van der Waals surface area contributed by atoms with Crippen LogP contribution in [0.4, 0.5) is 18.9 Å². The zero-order valence-electron chi connectivity index (χ0n) is 14.1. The predicted molar refractivity (Wildman–Crippen MR) is 88.8 cm³/mol. The molecule has 0 bridgehead atoms. The van der Waals surface area contributed by atoms with Gasteiger partial charge in [0.15, 0.2) is 5.82 Å². The van der Waals surface area contributed by atoms with Crippen molar-refractivity contribution in [2.45, 2.75) is 38.9 Å². The largest absolute Gasteiger partial charge is 0.416 e. The van der Waals surface area contributed by atoms with E-state index in [1.54, 1.807) is 12.3 Å². The second kappa shape index (κ2) is 7.59. The van der Waals surface area contributed by atoms with Crippen molar-refractivity contribution < 1.29 is 17.7 Å². The third-order valence-corrected chi connectivity index (χ3v) is 3.73. The van der Waals surface area contributed by atoms with Crippen molar-refractivity contribution in [2.75, 3.05) is 5.32 Å². The van der Waals surface area contributed by atoms with Crippen molar-refractivity contribution in [3.05, 3.63) is 53.9 Å². The molecule has 0 spiro atoms. The number of nitrogens with one attached hydrogen (secondary N) is 1. The fourth-order valence-corrected chi connectivity index (χ4v) is 2.36. The summed E-state index contributed by atoms with van der Waals surface area (Å²) in [5.74, 6) is 1.12. The molecular formula is C17H18F3N5O. The maximum atomic E-state index is 12.8. The standard InChI is InChI=1S/C17H18F3N5O/c1-2-3-7-15-23-16(26-24-15)10-21-13-9-22-25(11-13)14-6-4-5-12(8-14)17(18,19)20/h4-6,8-9,11,21H,2-3,7,10H2,1H3. The van der Waals surface area contributed by atoms with Gasteiger partial charge in [-0.25, -0.2) is 4.68 Å². The van der Waals surface area contributed by atoms with E-state index < -0.39 is 11.7 Å². The Morgan fingerprint density at radius 2 is 2.12 bits per heavy atom. The summed E-state index contributed by atoms with van der Waals surface area (Å²) in [5, 5.41) is 11.0. The number of hydrogen-bond donors (Lipinski definition) is 1. The third kappa shape index (κ3) is 4.41. The molecule has 0 atom stereocenters. The van der Waals surface area contributed by atoms with Crippen molar-refractivity contribution in [3.8, 4) is 5.69 Å². The highest BCUT2D eigenvalue weighted by Gasteiger charge is 2.30. The van der Waals surface area contributed by atoms with Crippen LogP contribution >= 0.6 is 0 Å². The molecule has 26 heavy (non-hydrogen) atoms. The van der Waals surface area contributed by atoms with Crippen LogP contribution in [0.5, 0.6) is 0 Å². The molecule has 2 heterocycles. The molecule has 3 aromatic rings. The van der Waals surface area contributed by atoms with E-state index in [1.807, 2.05) is 0 Å². The summed E-state index contributed by atoms with van der Waals surface area (Å²) in [7, 11) is 0. The third-order valence-electron chi connectivity index (χ3n) is 3.73. The minimum atomic E-state index is -4.39.